The average molecular weight is 410 g/mol. The number of imide groups is 1. The molecule has 2 aliphatic rings. The van der Waals surface area contributed by atoms with Crippen LogP contribution in [-0.4, -0.2) is 59.2 Å². The molecule has 1 aromatic carbocycles. The molecule has 0 spiro atoms. The van der Waals surface area contributed by atoms with Crippen LogP contribution in [0.2, 0.25) is 0 Å². The van der Waals surface area contributed by atoms with Crippen molar-refractivity contribution in [1.29, 1.82) is 0 Å². The fourth-order valence-electron chi connectivity index (χ4n) is 3.53. The molecule has 2 saturated heterocycles. The molecule has 1 aromatic heterocycles. The SMILES string of the molecule is CC(=C1SC(=O)NC1=O)c1cccc(-c2cncc(N3CCCN(C)CC3)n2)c1. The summed E-state index contributed by atoms with van der Waals surface area (Å²) in [6, 6.07) is 7.84. The fourth-order valence-corrected chi connectivity index (χ4v) is 4.27. The van der Waals surface area contributed by atoms with Gasteiger partial charge in [-0.25, -0.2) is 4.98 Å². The van der Waals surface area contributed by atoms with E-state index in [1.165, 1.54) is 0 Å². The lowest BCUT2D eigenvalue weighted by Gasteiger charge is -2.21. The van der Waals surface area contributed by atoms with Gasteiger partial charge in [0.2, 0.25) is 0 Å². The smallest absolute Gasteiger partial charge is 0.290 e. The van der Waals surface area contributed by atoms with Crippen molar-refractivity contribution < 1.29 is 9.59 Å². The Morgan fingerprint density at radius 2 is 2.00 bits per heavy atom. The number of nitrogens with zero attached hydrogens (tertiary/aromatic N) is 4. The molecule has 2 aliphatic heterocycles. The van der Waals surface area contributed by atoms with Crippen LogP contribution in [0.3, 0.4) is 0 Å². The fraction of sp³-hybridized carbons (Fsp3) is 0.333. The highest BCUT2D eigenvalue weighted by molar-refractivity contribution is 8.18. The maximum absolute atomic E-state index is 12.0. The molecule has 0 aliphatic carbocycles. The van der Waals surface area contributed by atoms with E-state index in [2.05, 4.69) is 27.1 Å². The van der Waals surface area contributed by atoms with Gasteiger partial charge in [0.25, 0.3) is 11.1 Å². The Morgan fingerprint density at radius 1 is 1.14 bits per heavy atom. The molecule has 150 valence electrons. The number of allylic oxidation sites excluding steroid dienone is 1. The summed E-state index contributed by atoms with van der Waals surface area (Å²) in [5.41, 5.74) is 3.39. The maximum Gasteiger partial charge on any atom is 0.290 e. The molecule has 0 atom stereocenters. The minimum Gasteiger partial charge on any atom is -0.354 e. The minimum atomic E-state index is -0.337. The van der Waals surface area contributed by atoms with Gasteiger partial charge in [-0.1, -0.05) is 18.2 Å². The molecule has 0 bridgehead atoms. The summed E-state index contributed by atoms with van der Waals surface area (Å²) < 4.78 is 0. The van der Waals surface area contributed by atoms with Crippen LogP contribution in [0.15, 0.2) is 41.6 Å². The number of aromatic nitrogens is 2. The third-order valence-electron chi connectivity index (χ3n) is 5.21. The molecule has 0 saturated carbocycles. The molecule has 3 heterocycles. The quantitative estimate of drug-likeness (QED) is 0.781. The number of benzene rings is 1. The van der Waals surface area contributed by atoms with Crippen molar-refractivity contribution in [2.24, 2.45) is 0 Å². The van der Waals surface area contributed by atoms with E-state index < -0.39 is 0 Å². The molecule has 2 fully saturated rings. The van der Waals surface area contributed by atoms with Crippen LogP contribution in [0.5, 0.6) is 0 Å². The normalized spacial score (nSPS) is 19.9. The van der Waals surface area contributed by atoms with Gasteiger partial charge in [-0.15, -0.1) is 0 Å². The molecule has 2 aromatic rings. The second kappa shape index (κ2) is 8.34. The first kappa shape index (κ1) is 19.6. The molecular weight excluding hydrogens is 386 g/mol. The topological polar surface area (TPSA) is 78.4 Å². The predicted molar refractivity (Wildman–Crippen MR) is 116 cm³/mol. The van der Waals surface area contributed by atoms with Crippen molar-refractivity contribution in [2.45, 2.75) is 13.3 Å². The lowest BCUT2D eigenvalue weighted by molar-refractivity contribution is -0.115. The number of carbonyl (C=O) groups is 2. The number of amides is 2. The Morgan fingerprint density at radius 3 is 2.79 bits per heavy atom. The van der Waals surface area contributed by atoms with Crippen molar-refractivity contribution >= 4 is 34.3 Å². The zero-order valence-electron chi connectivity index (χ0n) is 16.5. The lowest BCUT2D eigenvalue weighted by Crippen LogP contribution is -2.29. The van der Waals surface area contributed by atoms with Gasteiger partial charge in [0.05, 0.1) is 23.0 Å². The second-order valence-corrected chi connectivity index (χ2v) is 8.27. The van der Waals surface area contributed by atoms with Gasteiger partial charge in [-0.05, 0) is 55.9 Å². The van der Waals surface area contributed by atoms with E-state index in [-0.39, 0.29) is 11.1 Å². The van der Waals surface area contributed by atoms with Gasteiger partial charge in [-0.3, -0.25) is 19.9 Å². The summed E-state index contributed by atoms with van der Waals surface area (Å²) >= 11 is 0.943. The van der Waals surface area contributed by atoms with Crippen LogP contribution in [0, 0.1) is 0 Å². The van der Waals surface area contributed by atoms with E-state index in [1.54, 1.807) is 6.20 Å². The van der Waals surface area contributed by atoms with E-state index in [4.69, 9.17) is 4.98 Å². The largest absolute Gasteiger partial charge is 0.354 e. The molecule has 1 N–H and O–H groups in total. The molecule has 4 rings (SSSR count). The number of thioether (sulfide) groups is 1. The Labute approximate surface area is 174 Å². The van der Waals surface area contributed by atoms with Gasteiger partial charge in [0.15, 0.2) is 0 Å². The zero-order valence-corrected chi connectivity index (χ0v) is 17.3. The Hall–Kier alpha value is -2.71. The average Bonchev–Trinajstić information content (AvgIpc) is 2.93. The number of hydrogen-bond acceptors (Lipinski definition) is 7. The van der Waals surface area contributed by atoms with Crippen LogP contribution in [-0.2, 0) is 4.79 Å². The first-order valence-electron chi connectivity index (χ1n) is 9.61. The summed E-state index contributed by atoms with van der Waals surface area (Å²) in [4.78, 5) is 37.8. The summed E-state index contributed by atoms with van der Waals surface area (Å²) in [7, 11) is 2.14. The highest BCUT2D eigenvalue weighted by Crippen LogP contribution is 2.32. The molecule has 8 heteroatoms. The maximum atomic E-state index is 12.0. The minimum absolute atomic E-state index is 0.331. The van der Waals surface area contributed by atoms with Crippen LogP contribution >= 0.6 is 11.8 Å². The van der Waals surface area contributed by atoms with Crippen LogP contribution in [0.4, 0.5) is 10.6 Å². The molecule has 29 heavy (non-hydrogen) atoms. The number of likely N-dealkylation sites (N-methyl/N-ethyl adjacent to an activating group) is 1. The molecule has 2 amide bonds. The van der Waals surface area contributed by atoms with Crippen molar-refractivity contribution in [3.63, 3.8) is 0 Å². The summed E-state index contributed by atoms with van der Waals surface area (Å²) in [5.74, 6) is 0.547. The second-order valence-electron chi connectivity index (χ2n) is 7.28. The molecular formula is C21H23N5O2S. The van der Waals surface area contributed by atoms with Crippen molar-refractivity contribution in [3.05, 3.63) is 47.1 Å². The predicted octanol–water partition coefficient (Wildman–Crippen LogP) is 3.00. The Bertz CT molecular complexity index is 991. The van der Waals surface area contributed by atoms with Crippen molar-refractivity contribution in [1.82, 2.24) is 20.2 Å². The number of hydrogen-bond donors (Lipinski definition) is 1. The summed E-state index contributed by atoms with van der Waals surface area (Å²) in [5, 5.41) is 1.98. The van der Waals surface area contributed by atoms with Gasteiger partial charge in [-0.2, -0.15) is 0 Å². The third kappa shape index (κ3) is 4.33. The van der Waals surface area contributed by atoms with E-state index >= 15 is 0 Å². The highest BCUT2D eigenvalue weighted by atomic mass is 32.2. The lowest BCUT2D eigenvalue weighted by atomic mass is 10.0. The third-order valence-corrected chi connectivity index (χ3v) is 6.20. The molecule has 0 unspecified atom stereocenters. The van der Waals surface area contributed by atoms with E-state index in [9.17, 15) is 9.59 Å². The number of anilines is 1. The first-order chi connectivity index (χ1) is 14.0. The van der Waals surface area contributed by atoms with Gasteiger partial charge in [0, 0.05) is 25.2 Å². The van der Waals surface area contributed by atoms with E-state index in [1.807, 2.05) is 37.4 Å². The van der Waals surface area contributed by atoms with Crippen LogP contribution < -0.4 is 10.2 Å². The van der Waals surface area contributed by atoms with Crippen LogP contribution in [0.1, 0.15) is 18.9 Å². The zero-order chi connectivity index (χ0) is 20.4. The number of nitrogens with one attached hydrogen (secondary N) is 1. The van der Waals surface area contributed by atoms with Crippen molar-refractivity contribution in [3.8, 4) is 11.3 Å². The van der Waals surface area contributed by atoms with Gasteiger partial charge < -0.3 is 9.80 Å². The van der Waals surface area contributed by atoms with Crippen molar-refractivity contribution in [2.75, 3.05) is 38.1 Å². The molecule has 0 radical (unpaired) electrons. The summed E-state index contributed by atoms with van der Waals surface area (Å²) in [6.07, 6.45) is 4.68. The van der Waals surface area contributed by atoms with E-state index in [0.717, 1.165) is 72.6 Å². The Kier molecular flexibility index (Phi) is 5.64. The number of carbonyl (C=O) groups excluding carboxylic acids is 2. The summed E-state index contributed by atoms with van der Waals surface area (Å²) in [6.45, 7) is 5.85. The molecule has 7 nitrogen and oxygen atoms in total. The Balaban J connectivity index is 1.63. The monoisotopic (exact) mass is 409 g/mol. The number of rotatable bonds is 3. The standard InChI is InChI=1S/C21H23N5O2S/c1-14(19-20(27)24-21(28)29-19)15-5-3-6-16(11-15)17-12-22-13-18(23-17)26-8-4-7-25(2)9-10-26/h3,5-6,11-13H,4,7-10H2,1-2H3,(H,24,27,28). The van der Waals surface area contributed by atoms with Gasteiger partial charge in [0.1, 0.15) is 5.82 Å². The highest BCUT2D eigenvalue weighted by Gasteiger charge is 2.27. The van der Waals surface area contributed by atoms with Crippen LogP contribution in [0.25, 0.3) is 16.8 Å². The first-order valence-corrected chi connectivity index (χ1v) is 10.4. The van der Waals surface area contributed by atoms with E-state index in [0.29, 0.717) is 4.91 Å². The van der Waals surface area contributed by atoms with Gasteiger partial charge >= 0.3 is 0 Å².